The summed E-state index contributed by atoms with van der Waals surface area (Å²) in [6, 6.07) is 1.09. The van der Waals surface area contributed by atoms with Gasteiger partial charge in [0.1, 0.15) is 0 Å². The second-order valence-electron chi connectivity index (χ2n) is 4.37. The highest BCUT2D eigenvalue weighted by Crippen LogP contribution is 2.41. The average Bonchev–Trinajstić information content (AvgIpc) is 3.08. The molecule has 1 N–H and O–H groups in total. The molecule has 1 heterocycles. The van der Waals surface area contributed by atoms with Gasteiger partial charge in [0.15, 0.2) is 5.69 Å². The zero-order valence-electron chi connectivity index (χ0n) is 10.3. The maximum Gasteiger partial charge on any atom is 0.435 e. The van der Waals surface area contributed by atoms with E-state index in [2.05, 4.69) is 15.2 Å². The first-order chi connectivity index (χ1) is 8.91. The molecule has 0 aliphatic heterocycles. The standard InChI is InChI=1S/C11H14F3N3O2/c1-19-10(18)15-4-5-17-8(7-2-3-7)6-9(16-17)11(12,13)14/h6-7H,2-5H2,1H3,(H,15,18). The summed E-state index contributed by atoms with van der Waals surface area (Å²) in [6.07, 6.45) is -3.29. The summed E-state index contributed by atoms with van der Waals surface area (Å²) >= 11 is 0. The van der Waals surface area contributed by atoms with Gasteiger partial charge in [0.25, 0.3) is 0 Å². The third kappa shape index (κ3) is 3.39. The predicted molar refractivity (Wildman–Crippen MR) is 59.6 cm³/mol. The van der Waals surface area contributed by atoms with E-state index in [1.54, 1.807) is 0 Å². The highest BCUT2D eigenvalue weighted by atomic mass is 19.4. The van der Waals surface area contributed by atoms with Crippen LogP contribution in [0.5, 0.6) is 0 Å². The lowest BCUT2D eigenvalue weighted by Gasteiger charge is -2.07. The van der Waals surface area contributed by atoms with Gasteiger partial charge < -0.3 is 10.1 Å². The number of nitrogens with one attached hydrogen (secondary N) is 1. The van der Waals surface area contributed by atoms with Crippen molar-refractivity contribution < 1.29 is 22.7 Å². The van der Waals surface area contributed by atoms with Crippen molar-refractivity contribution in [3.63, 3.8) is 0 Å². The fourth-order valence-corrected chi connectivity index (χ4v) is 1.79. The number of hydrogen-bond acceptors (Lipinski definition) is 3. The maximum absolute atomic E-state index is 12.6. The van der Waals surface area contributed by atoms with E-state index in [-0.39, 0.29) is 19.0 Å². The van der Waals surface area contributed by atoms with Crippen LogP contribution < -0.4 is 5.32 Å². The lowest BCUT2D eigenvalue weighted by Crippen LogP contribution is -2.27. The molecule has 1 aliphatic carbocycles. The van der Waals surface area contributed by atoms with Crippen molar-refractivity contribution in [3.05, 3.63) is 17.5 Å². The van der Waals surface area contributed by atoms with E-state index in [1.807, 2.05) is 0 Å². The fourth-order valence-electron chi connectivity index (χ4n) is 1.79. The van der Waals surface area contributed by atoms with Crippen LogP contribution in [-0.4, -0.2) is 29.5 Å². The number of methoxy groups -OCH3 is 1. The lowest BCUT2D eigenvalue weighted by molar-refractivity contribution is -0.141. The number of alkyl carbamates (subject to hydrolysis) is 1. The third-order valence-electron chi connectivity index (χ3n) is 2.88. The van der Waals surface area contributed by atoms with Crippen LogP contribution in [-0.2, 0) is 17.5 Å². The molecule has 1 fully saturated rings. The molecule has 0 unspecified atom stereocenters. The molecule has 1 saturated carbocycles. The SMILES string of the molecule is COC(=O)NCCn1nc(C(F)(F)F)cc1C1CC1. The normalized spacial score (nSPS) is 15.4. The minimum absolute atomic E-state index is 0.154. The van der Waals surface area contributed by atoms with Crippen molar-refractivity contribution in [2.24, 2.45) is 0 Å². The Bertz CT molecular complexity index is 466. The van der Waals surface area contributed by atoms with Gasteiger partial charge in [-0.1, -0.05) is 0 Å². The zero-order chi connectivity index (χ0) is 14.0. The third-order valence-corrected chi connectivity index (χ3v) is 2.88. The highest BCUT2D eigenvalue weighted by Gasteiger charge is 2.37. The van der Waals surface area contributed by atoms with Crippen molar-refractivity contribution in [2.45, 2.75) is 31.5 Å². The molecule has 1 aromatic rings. The van der Waals surface area contributed by atoms with E-state index in [1.165, 1.54) is 11.8 Å². The number of halogens is 3. The Kier molecular flexibility index (Phi) is 3.68. The minimum atomic E-state index is -4.44. The van der Waals surface area contributed by atoms with Gasteiger partial charge >= 0.3 is 12.3 Å². The summed E-state index contributed by atoms with van der Waals surface area (Å²) in [4.78, 5) is 10.9. The monoisotopic (exact) mass is 277 g/mol. The number of amides is 1. The van der Waals surface area contributed by atoms with Gasteiger partial charge in [-0.25, -0.2) is 4.79 Å². The van der Waals surface area contributed by atoms with Gasteiger partial charge in [0.05, 0.1) is 13.7 Å². The second kappa shape index (κ2) is 5.10. The topological polar surface area (TPSA) is 56.1 Å². The van der Waals surface area contributed by atoms with Gasteiger partial charge in [-0.15, -0.1) is 0 Å². The molecule has 1 aromatic heterocycles. The van der Waals surface area contributed by atoms with Crippen LogP contribution in [0.3, 0.4) is 0 Å². The number of carbonyl (C=O) groups excluding carboxylic acids is 1. The molecule has 2 rings (SSSR count). The summed E-state index contributed by atoms with van der Waals surface area (Å²) in [7, 11) is 1.22. The van der Waals surface area contributed by atoms with E-state index in [9.17, 15) is 18.0 Å². The predicted octanol–water partition coefficient (Wildman–Crippen LogP) is 2.14. The molecule has 106 valence electrons. The van der Waals surface area contributed by atoms with Crippen LogP contribution >= 0.6 is 0 Å². The van der Waals surface area contributed by atoms with E-state index in [4.69, 9.17) is 0 Å². The van der Waals surface area contributed by atoms with Gasteiger partial charge in [-0.2, -0.15) is 18.3 Å². The van der Waals surface area contributed by atoms with E-state index in [0.29, 0.717) is 5.69 Å². The first kappa shape index (κ1) is 13.7. The van der Waals surface area contributed by atoms with E-state index >= 15 is 0 Å². The molecule has 8 heteroatoms. The van der Waals surface area contributed by atoms with Gasteiger partial charge in [-0.05, 0) is 18.9 Å². The number of nitrogens with zero attached hydrogens (tertiary/aromatic N) is 2. The first-order valence-electron chi connectivity index (χ1n) is 5.88. The largest absolute Gasteiger partial charge is 0.453 e. The molecule has 0 saturated heterocycles. The van der Waals surface area contributed by atoms with Crippen molar-refractivity contribution >= 4 is 6.09 Å². The summed E-state index contributed by atoms with van der Waals surface area (Å²) in [6.45, 7) is 0.363. The zero-order valence-corrected chi connectivity index (χ0v) is 10.3. The average molecular weight is 277 g/mol. The highest BCUT2D eigenvalue weighted by molar-refractivity contribution is 5.66. The number of aromatic nitrogens is 2. The van der Waals surface area contributed by atoms with Crippen LogP contribution in [0, 0.1) is 0 Å². The van der Waals surface area contributed by atoms with Gasteiger partial charge in [0.2, 0.25) is 0 Å². The van der Waals surface area contributed by atoms with Crippen LogP contribution in [0.1, 0.15) is 30.1 Å². The number of alkyl halides is 3. The van der Waals surface area contributed by atoms with E-state index < -0.39 is 18.0 Å². The molecule has 0 spiro atoms. The Morgan fingerprint density at radius 2 is 2.26 bits per heavy atom. The molecular weight excluding hydrogens is 263 g/mol. The summed E-state index contributed by atoms with van der Waals surface area (Å²) in [5, 5.41) is 5.98. The Morgan fingerprint density at radius 3 is 2.79 bits per heavy atom. The van der Waals surface area contributed by atoms with Crippen molar-refractivity contribution in [3.8, 4) is 0 Å². The van der Waals surface area contributed by atoms with Gasteiger partial charge in [-0.3, -0.25) is 4.68 Å². The number of hydrogen-bond donors (Lipinski definition) is 1. The number of carbonyl (C=O) groups is 1. The summed E-state index contributed by atoms with van der Waals surface area (Å²) < 4.78 is 43.5. The molecule has 0 bridgehead atoms. The van der Waals surface area contributed by atoms with Crippen LogP contribution in [0.2, 0.25) is 0 Å². The second-order valence-corrected chi connectivity index (χ2v) is 4.37. The quantitative estimate of drug-likeness (QED) is 0.917. The van der Waals surface area contributed by atoms with Crippen LogP contribution in [0.15, 0.2) is 6.07 Å². The van der Waals surface area contributed by atoms with Crippen molar-refractivity contribution in [2.75, 3.05) is 13.7 Å². The Morgan fingerprint density at radius 1 is 1.58 bits per heavy atom. The summed E-state index contributed by atoms with van der Waals surface area (Å²) in [5.41, 5.74) is -0.300. The van der Waals surface area contributed by atoms with Crippen molar-refractivity contribution in [1.82, 2.24) is 15.1 Å². The first-order valence-corrected chi connectivity index (χ1v) is 5.88. The molecule has 1 aliphatic rings. The molecule has 0 radical (unpaired) electrons. The van der Waals surface area contributed by atoms with Crippen LogP contribution in [0.25, 0.3) is 0 Å². The lowest BCUT2D eigenvalue weighted by atomic mass is 10.2. The number of rotatable bonds is 4. The Labute approximate surface area is 107 Å². The Balaban J connectivity index is 2.05. The van der Waals surface area contributed by atoms with Gasteiger partial charge in [0, 0.05) is 18.2 Å². The molecule has 5 nitrogen and oxygen atoms in total. The molecule has 0 aromatic carbocycles. The smallest absolute Gasteiger partial charge is 0.435 e. The maximum atomic E-state index is 12.6. The summed E-state index contributed by atoms with van der Waals surface area (Å²) in [5.74, 6) is 0.154. The van der Waals surface area contributed by atoms with E-state index in [0.717, 1.165) is 18.9 Å². The molecular formula is C11H14F3N3O2. The number of ether oxygens (including phenoxy) is 1. The fraction of sp³-hybridized carbons (Fsp3) is 0.636. The molecule has 1 amide bonds. The minimum Gasteiger partial charge on any atom is -0.453 e. The molecule has 0 atom stereocenters. The van der Waals surface area contributed by atoms with Crippen LogP contribution in [0.4, 0.5) is 18.0 Å². The molecule has 19 heavy (non-hydrogen) atoms. The Hall–Kier alpha value is -1.73. The van der Waals surface area contributed by atoms with Crippen molar-refractivity contribution in [1.29, 1.82) is 0 Å².